The normalized spacial score (nSPS) is 17.4. The van der Waals surface area contributed by atoms with E-state index in [2.05, 4.69) is 32.5 Å². The Balaban J connectivity index is 0.00000264. The van der Waals surface area contributed by atoms with Gasteiger partial charge >= 0.3 is 0 Å². The summed E-state index contributed by atoms with van der Waals surface area (Å²) < 4.78 is 5.32. The van der Waals surface area contributed by atoms with Crippen molar-refractivity contribution in [2.75, 3.05) is 59.9 Å². The number of guanidine groups is 1. The van der Waals surface area contributed by atoms with Crippen LogP contribution in [0.4, 0.5) is 0 Å². The van der Waals surface area contributed by atoms with Crippen LogP contribution in [0.25, 0.3) is 0 Å². The molecule has 23 heavy (non-hydrogen) atoms. The molecular formula is C16H30IN5O. The van der Waals surface area contributed by atoms with E-state index in [1.165, 1.54) is 19.5 Å². The lowest BCUT2D eigenvalue weighted by molar-refractivity contribution is 0.280. The third-order valence-electron chi connectivity index (χ3n) is 4.00. The van der Waals surface area contributed by atoms with Gasteiger partial charge < -0.3 is 24.9 Å². The van der Waals surface area contributed by atoms with Crippen molar-refractivity contribution in [2.45, 2.75) is 12.8 Å². The maximum atomic E-state index is 5.32. The minimum absolute atomic E-state index is 0. The van der Waals surface area contributed by atoms with Crippen molar-refractivity contribution < 1.29 is 4.42 Å². The fourth-order valence-electron chi connectivity index (χ4n) is 2.64. The largest absolute Gasteiger partial charge is 0.469 e. The number of furan rings is 1. The van der Waals surface area contributed by atoms with Crippen LogP contribution >= 0.6 is 24.0 Å². The minimum atomic E-state index is 0. The third kappa shape index (κ3) is 8.03. The summed E-state index contributed by atoms with van der Waals surface area (Å²) >= 11 is 0. The highest BCUT2D eigenvalue weighted by Gasteiger charge is 2.11. The second kappa shape index (κ2) is 11.7. The average Bonchev–Trinajstić information content (AvgIpc) is 2.95. The van der Waals surface area contributed by atoms with Gasteiger partial charge in [0.25, 0.3) is 0 Å². The van der Waals surface area contributed by atoms with E-state index in [4.69, 9.17) is 4.42 Å². The molecule has 0 bridgehead atoms. The lowest BCUT2D eigenvalue weighted by Crippen LogP contribution is -2.42. The Kier molecular flexibility index (Phi) is 10.3. The van der Waals surface area contributed by atoms with E-state index < -0.39 is 0 Å². The number of likely N-dealkylation sites (N-methyl/N-ethyl adjacent to an activating group) is 1. The molecule has 0 saturated carbocycles. The predicted octanol–water partition coefficient (Wildman–Crippen LogP) is 1.24. The lowest BCUT2D eigenvalue weighted by Gasteiger charge is -2.21. The average molecular weight is 435 g/mol. The summed E-state index contributed by atoms with van der Waals surface area (Å²) in [5, 5.41) is 6.70. The number of halogens is 1. The molecule has 0 spiro atoms. The first-order valence-electron chi connectivity index (χ1n) is 8.16. The highest BCUT2D eigenvalue weighted by atomic mass is 127. The van der Waals surface area contributed by atoms with E-state index in [1.54, 1.807) is 6.26 Å². The van der Waals surface area contributed by atoms with Crippen LogP contribution in [0.15, 0.2) is 27.8 Å². The van der Waals surface area contributed by atoms with E-state index in [1.807, 2.05) is 19.2 Å². The molecule has 0 unspecified atom stereocenters. The summed E-state index contributed by atoms with van der Waals surface area (Å²) in [4.78, 5) is 9.18. The van der Waals surface area contributed by atoms with Crippen molar-refractivity contribution in [3.8, 4) is 0 Å². The van der Waals surface area contributed by atoms with E-state index in [9.17, 15) is 0 Å². The Hall–Kier alpha value is -0.800. The molecule has 132 valence electrons. The fourth-order valence-corrected chi connectivity index (χ4v) is 2.64. The number of nitrogens with zero attached hydrogens (tertiary/aromatic N) is 3. The van der Waals surface area contributed by atoms with Crippen molar-refractivity contribution in [2.24, 2.45) is 4.99 Å². The van der Waals surface area contributed by atoms with Crippen LogP contribution in [0.1, 0.15) is 12.2 Å². The first kappa shape index (κ1) is 20.2. The second-order valence-corrected chi connectivity index (χ2v) is 5.75. The number of rotatable bonds is 6. The Morgan fingerprint density at radius 1 is 1.22 bits per heavy atom. The van der Waals surface area contributed by atoms with Crippen LogP contribution in [0.3, 0.4) is 0 Å². The summed E-state index contributed by atoms with van der Waals surface area (Å²) in [6.07, 6.45) is 3.83. The number of hydrogen-bond donors (Lipinski definition) is 2. The maximum Gasteiger partial charge on any atom is 0.191 e. The van der Waals surface area contributed by atoms with Crippen LogP contribution in [0, 0.1) is 0 Å². The molecule has 1 aromatic rings. The molecule has 0 amide bonds. The number of hydrogen-bond acceptors (Lipinski definition) is 4. The molecule has 1 saturated heterocycles. The minimum Gasteiger partial charge on any atom is -0.469 e. The van der Waals surface area contributed by atoms with Gasteiger partial charge in [0.15, 0.2) is 5.96 Å². The molecule has 1 aromatic heterocycles. The lowest BCUT2D eigenvalue weighted by atomic mass is 10.3. The van der Waals surface area contributed by atoms with Gasteiger partial charge in [0.05, 0.1) is 6.26 Å². The summed E-state index contributed by atoms with van der Waals surface area (Å²) in [7, 11) is 4.01. The van der Waals surface area contributed by atoms with Crippen molar-refractivity contribution in [1.82, 2.24) is 20.4 Å². The molecule has 1 fully saturated rings. The standard InChI is InChI=1S/C16H29N5O.HI/c1-17-16(18-7-6-15-5-3-14-22-15)19-8-11-21-10-4-9-20(2)12-13-21;/h3,5,14H,4,6-13H2,1-2H3,(H2,17,18,19);1H. The first-order valence-corrected chi connectivity index (χ1v) is 8.16. The molecule has 0 radical (unpaired) electrons. The molecule has 1 aliphatic heterocycles. The quantitative estimate of drug-likeness (QED) is 0.400. The monoisotopic (exact) mass is 435 g/mol. The van der Waals surface area contributed by atoms with Crippen LogP contribution in [-0.4, -0.2) is 75.7 Å². The predicted molar refractivity (Wildman–Crippen MR) is 106 cm³/mol. The van der Waals surface area contributed by atoms with Gasteiger partial charge in [-0.2, -0.15) is 0 Å². The molecule has 2 heterocycles. The Bertz CT molecular complexity index is 438. The molecule has 0 aliphatic carbocycles. The van der Waals surface area contributed by atoms with Crippen molar-refractivity contribution in [3.63, 3.8) is 0 Å². The number of aliphatic imine (C=N–C) groups is 1. The Morgan fingerprint density at radius 2 is 2.04 bits per heavy atom. The zero-order valence-electron chi connectivity index (χ0n) is 14.3. The highest BCUT2D eigenvalue weighted by molar-refractivity contribution is 14.0. The van der Waals surface area contributed by atoms with Gasteiger partial charge in [-0.25, -0.2) is 0 Å². The number of nitrogens with one attached hydrogen (secondary N) is 2. The van der Waals surface area contributed by atoms with E-state index in [-0.39, 0.29) is 24.0 Å². The van der Waals surface area contributed by atoms with Gasteiger partial charge in [0.2, 0.25) is 0 Å². The van der Waals surface area contributed by atoms with Crippen molar-refractivity contribution in [1.29, 1.82) is 0 Å². The Morgan fingerprint density at radius 3 is 2.78 bits per heavy atom. The Labute approximate surface area is 156 Å². The molecule has 2 N–H and O–H groups in total. The van der Waals surface area contributed by atoms with E-state index >= 15 is 0 Å². The van der Waals surface area contributed by atoms with Crippen LogP contribution in [0.2, 0.25) is 0 Å². The molecule has 0 aromatic carbocycles. The second-order valence-electron chi connectivity index (χ2n) is 5.75. The molecule has 7 heteroatoms. The first-order chi connectivity index (χ1) is 10.8. The highest BCUT2D eigenvalue weighted by Crippen LogP contribution is 2.00. The van der Waals surface area contributed by atoms with E-state index in [0.29, 0.717) is 0 Å². The summed E-state index contributed by atoms with van der Waals surface area (Å²) in [5.41, 5.74) is 0. The topological polar surface area (TPSA) is 56.0 Å². The van der Waals surface area contributed by atoms with Crippen LogP contribution in [0.5, 0.6) is 0 Å². The van der Waals surface area contributed by atoms with Crippen molar-refractivity contribution >= 4 is 29.9 Å². The molecule has 2 rings (SSSR count). The van der Waals surface area contributed by atoms with Gasteiger partial charge in [-0.3, -0.25) is 4.99 Å². The molecular weight excluding hydrogens is 405 g/mol. The summed E-state index contributed by atoms with van der Waals surface area (Å²) in [6, 6.07) is 3.91. The van der Waals surface area contributed by atoms with Crippen molar-refractivity contribution in [3.05, 3.63) is 24.2 Å². The van der Waals surface area contributed by atoms with Gasteiger partial charge in [-0.15, -0.1) is 24.0 Å². The van der Waals surface area contributed by atoms with Gasteiger partial charge in [-0.05, 0) is 38.7 Å². The van der Waals surface area contributed by atoms with Gasteiger partial charge in [0, 0.05) is 46.2 Å². The summed E-state index contributed by atoms with van der Waals surface area (Å²) in [6.45, 7) is 7.52. The fraction of sp³-hybridized carbons (Fsp3) is 0.688. The zero-order chi connectivity index (χ0) is 15.6. The molecule has 6 nitrogen and oxygen atoms in total. The van der Waals surface area contributed by atoms with Crippen LogP contribution in [-0.2, 0) is 6.42 Å². The smallest absolute Gasteiger partial charge is 0.191 e. The van der Waals surface area contributed by atoms with Gasteiger partial charge in [0.1, 0.15) is 5.76 Å². The summed E-state index contributed by atoms with van der Waals surface area (Å²) in [5.74, 6) is 1.86. The molecule has 0 atom stereocenters. The maximum absolute atomic E-state index is 5.32. The zero-order valence-corrected chi connectivity index (χ0v) is 16.6. The van der Waals surface area contributed by atoms with Gasteiger partial charge in [-0.1, -0.05) is 0 Å². The van der Waals surface area contributed by atoms with Crippen LogP contribution < -0.4 is 10.6 Å². The van der Waals surface area contributed by atoms with E-state index in [0.717, 1.165) is 50.9 Å². The molecule has 1 aliphatic rings. The third-order valence-corrected chi connectivity index (χ3v) is 4.00. The SMILES string of the molecule is CN=C(NCCc1ccco1)NCCN1CCCN(C)CC1.I.